The first-order chi connectivity index (χ1) is 9.31. The zero-order valence-corrected chi connectivity index (χ0v) is 12.5. The fourth-order valence-corrected chi connectivity index (χ4v) is 2.53. The van der Waals surface area contributed by atoms with Crippen LogP contribution in [0.25, 0.3) is 0 Å². The average molecular weight is 282 g/mol. The third-order valence-corrected chi connectivity index (χ3v) is 3.77. The van der Waals surface area contributed by atoms with E-state index in [0.717, 1.165) is 17.5 Å². The second-order valence-corrected chi connectivity index (χ2v) is 5.35. The zero-order chi connectivity index (χ0) is 13.5. The fraction of sp³-hybridized carbons (Fsp3) is 0.692. The molecule has 0 amide bonds. The monoisotopic (exact) mass is 282 g/mol. The number of ether oxygens (including phenoxy) is 1. The molecule has 19 heavy (non-hydrogen) atoms. The molecule has 1 aliphatic heterocycles. The van der Waals surface area contributed by atoms with Crippen molar-refractivity contribution in [2.75, 3.05) is 44.9 Å². The number of hydrogen-bond acceptors (Lipinski definition) is 6. The summed E-state index contributed by atoms with van der Waals surface area (Å²) < 4.78 is 5.75. The SMILES string of the molecule is CNc1cc(OCCN2CCCCC2)nc(SC)n1. The molecule has 2 heterocycles. The minimum Gasteiger partial charge on any atom is -0.476 e. The van der Waals surface area contributed by atoms with Crippen LogP contribution >= 0.6 is 11.8 Å². The van der Waals surface area contributed by atoms with Gasteiger partial charge >= 0.3 is 0 Å². The van der Waals surface area contributed by atoms with Gasteiger partial charge < -0.3 is 10.1 Å². The van der Waals surface area contributed by atoms with Gasteiger partial charge in [-0.15, -0.1) is 0 Å². The lowest BCUT2D eigenvalue weighted by atomic mass is 10.1. The van der Waals surface area contributed by atoms with Crippen LogP contribution in [0.1, 0.15) is 19.3 Å². The molecule has 0 spiro atoms. The third-order valence-electron chi connectivity index (χ3n) is 3.23. The molecular weight excluding hydrogens is 260 g/mol. The van der Waals surface area contributed by atoms with E-state index in [1.54, 1.807) is 0 Å². The summed E-state index contributed by atoms with van der Waals surface area (Å²) in [6, 6.07) is 1.84. The standard InChI is InChI=1S/C13H22N4OS/c1-14-11-10-12(16-13(15-11)19-2)18-9-8-17-6-4-3-5-7-17/h10H,3-9H2,1-2H3,(H,14,15,16). The van der Waals surface area contributed by atoms with E-state index in [0.29, 0.717) is 12.5 Å². The molecule has 5 nitrogen and oxygen atoms in total. The number of piperidine rings is 1. The van der Waals surface area contributed by atoms with E-state index < -0.39 is 0 Å². The van der Waals surface area contributed by atoms with Crippen LogP contribution in [-0.2, 0) is 0 Å². The molecular formula is C13H22N4OS. The molecule has 0 atom stereocenters. The van der Waals surface area contributed by atoms with Gasteiger partial charge in [0, 0.05) is 19.7 Å². The van der Waals surface area contributed by atoms with Crippen molar-refractivity contribution < 1.29 is 4.74 Å². The van der Waals surface area contributed by atoms with Gasteiger partial charge in [0.25, 0.3) is 0 Å². The van der Waals surface area contributed by atoms with Gasteiger partial charge in [-0.25, -0.2) is 4.98 Å². The summed E-state index contributed by atoms with van der Waals surface area (Å²) in [5.74, 6) is 1.45. The quantitative estimate of drug-likeness (QED) is 0.637. The maximum Gasteiger partial charge on any atom is 0.219 e. The van der Waals surface area contributed by atoms with E-state index in [2.05, 4.69) is 20.2 Å². The topological polar surface area (TPSA) is 50.3 Å². The number of aromatic nitrogens is 2. The first kappa shape index (κ1) is 14.4. The predicted molar refractivity (Wildman–Crippen MR) is 79.1 cm³/mol. The normalized spacial score (nSPS) is 16.3. The molecule has 106 valence electrons. The number of anilines is 1. The van der Waals surface area contributed by atoms with Gasteiger partial charge in [0.15, 0.2) is 5.16 Å². The first-order valence-electron chi connectivity index (χ1n) is 6.78. The Hall–Kier alpha value is -1.01. The molecule has 1 aromatic heterocycles. The van der Waals surface area contributed by atoms with Gasteiger partial charge in [-0.2, -0.15) is 4.98 Å². The van der Waals surface area contributed by atoms with Crippen LogP contribution in [0.3, 0.4) is 0 Å². The van der Waals surface area contributed by atoms with Crippen LogP contribution in [0.15, 0.2) is 11.2 Å². The molecule has 0 radical (unpaired) electrons. The number of rotatable bonds is 6. The molecule has 0 saturated carbocycles. The summed E-state index contributed by atoms with van der Waals surface area (Å²) in [6.45, 7) is 4.07. The predicted octanol–water partition coefficient (Wildman–Crippen LogP) is 2.10. The molecule has 0 bridgehead atoms. The van der Waals surface area contributed by atoms with Gasteiger partial charge in [0.2, 0.25) is 5.88 Å². The van der Waals surface area contributed by atoms with E-state index >= 15 is 0 Å². The van der Waals surface area contributed by atoms with E-state index in [4.69, 9.17) is 4.74 Å². The number of hydrogen-bond donors (Lipinski definition) is 1. The van der Waals surface area contributed by atoms with Crippen molar-refractivity contribution in [1.29, 1.82) is 0 Å². The van der Waals surface area contributed by atoms with Crippen molar-refractivity contribution in [3.63, 3.8) is 0 Å². The summed E-state index contributed by atoms with van der Waals surface area (Å²) >= 11 is 1.52. The number of thioether (sulfide) groups is 1. The van der Waals surface area contributed by atoms with Crippen LogP contribution in [-0.4, -0.2) is 54.4 Å². The highest BCUT2D eigenvalue weighted by Crippen LogP contribution is 2.18. The number of nitrogens with zero attached hydrogens (tertiary/aromatic N) is 3. The minimum absolute atomic E-state index is 0.653. The van der Waals surface area contributed by atoms with Crippen LogP contribution in [0.2, 0.25) is 0 Å². The van der Waals surface area contributed by atoms with Crippen LogP contribution in [0, 0.1) is 0 Å². The molecule has 6 heteroatoms. The third kappa shape index (κ3) is 4.54. The Labute approximate surface area is 119 Å². The van der Waals surface area contributed by atoms with Crippen molar-refractivity contribution in [2.45, 2.75) is 24.4 Å². The second-order valence-electron chi connectivity index (χ2n) is 4.58. The summed E-state index contributed by atoms with van der Waals surface area (Å²) in [6.07, 6.45) is 5.96. The van der Waals surface area contributed by atoms with Crippen molar-refractivity contribution in [2.24, 2.45) is 0 Å². The Morgan fingerprint density at radius 3 is 2.79 bits per heavy atom. The minimum atomic E-state index is 0.653. The molecule has 2 rings (SSSR count). The van der Waals surface area contributed by atoms with Gasteiger partial charge in [0.05, 0.1) is 0 Å². The van der Waals surface area contributed by atoms with Gasteiger partial charge in [0.1, 0.15) is 12.4 Å². The van der Waals surface area contributed by atoms with Crippen LogP contribution in [0.5, 0.6) is 5.88 Å². The Kier molecular flexibility index (Phi) is 5.72. The average Bonchev–Trinajstić information content (AvgIpc) is 2.48. The molecule has 1 aliphatic rings. The molecule has 1 fully saturated rings. The van der Waals surface area contributed by atoms with Crippen molar-refractivity contribution >= 4 is 17.6 Å². The second kappa shape index (κ2) is 7.55. The van der Waals surface area contributed by atoms with Gasteiger partial charge in [-0.3, -0.25) is 4.90 Å². The van der Waals surface area contributed by atoms with Crippen LogP contribution in [0.4, 0.5) is 5.82 Å². The highest BCUT2D eigenvalue weighted by Gasteiger charge is 2.10. The molecule has 1 saturated heterocycles. The highest BCUT2D eigenvalue weighted by molar-refractivity contribution is 7.98. The first-order valence-corrected chi connectivity index (χ1v) is 8.00. The van der Waals surface area contributed by atoms with Crippen molar-refractivity contribution in [1.82, 2.24) is 14.9 Å². The lowest BCUT2D eigenvalue weighted by Gasteiger charge is -2.26. The maximum absolute atomic E-state index is 5.75. The highest BCUT2D eigenvalue weighted by atomic mass is 32.2. The lowest BCUT2D eigenvalue weighted by Crippen LogP contribution is -2.33. The van der Waals surface area contributed by atoms with Gasteiger partial charge in [-0.1, -0.05) is 18.2 Å². The summed E-state index contributed by atoms with van der Waals surface area (Å²) in [5, 5.41) is 3.76. The summed E-state index contributed by atoms with van der Waals surface area (Å²) in [7, 11) is 1.85. The van der Waals surface area contributed by atoms with Crippen LogP contribution < -0.4 is 10.1 Å². The summed E-state index contributed by atoms with van der Waals surface area (Å²) in [5.41, 5.74) is 0. The van der Waals surface area contributed by atoms with E-state index in [-0.39, 0.29) is 0 Å². The lowest BCUT2D eigenvalue weighted by molar-refractivity contribution is 0.180. The molecule has 0 unspecified atom stereocenters. The Bertz CT molecular complexity index is 374. The molecule has 0 aliphatic carbocycles. The van der Waals surface area contributed by atoms with E-state index in [1.807, 2.05) is 19.4 Å². The molecule has 1 aromatic rings. The molecule has 1 N–H and O–H groups in total. The van der Waals surface area contributed by atoms with E-state index in [9.17, 15) is 0 Å². The fourth-order valence-electron chi connectivity index (χ4n) is 2.16. The number of likely N-dealkylation sites (tertiary alicyclic amines) is 1. The number of nitrogens with one attached hydrogen (secondary N) is 1. The van der Waals surface area contributed by atoms with Crippen molar-refractivity contribution in [3.05, 3.63) is 6.07 Å². The smallest absolute Gasteiger partial charge is 0.219 e. The largest absolute Gasteiger partial charge is 0.476 e. The van der Waals surface area contributed by atoms with E-state index in [1.165, 1.54) is 44.1 Å². The Balaban J connectivity index is 1.84. The molecule has 0 aromatic carbocycles. The summed E-state index contributed by atoms with van der Waals surface area (Å²) in [4.78, 5) is 11.1. The Morgan fingerprint density at radius 2 is 2.11 bits per heavy atom. The zero-order valence-electron chi connectivity index (χ0n) is 11.7. The maximum atomic E-state index is 5.75. The van der Waals surface area contributed by atoms with Crippen molar-refractivity contribution in [3.8, 4) is 5.88 Å². The van der Waals surface area contributed by atoms with Gasteiger partial charge in [-0.05, 0) is 32.2 Å². The Morgan fingerprint density at radius 1 is 1.32 bits per heavy atom.